The summed E-state index contributed by atoms with van der Waals surface area (Å²) in [7, 11) is 2.24. The number of benzene rings is 1. The molecule has 0 unspecified atom stereocenters. The molecular weight excluding hydrogens is 546 g/mol. The number of carbonyl (C=O) groups excluding carboxylic acids is 4. The molecule has 0 aliphatic carbocycles. The molecule has 3 aromatic rings. The smallest absolute Gasteiger partial charge is 0.342 e. The van der Waals surface area contributed by atoms with Crippen LogP contribution in [0.25, 0.3) is 11.3 Å². The molecular formula is C29H37N5O8. The number of carbonyl (C=O) groups is 4. The monoisotopic (exact) mass is 583 g/mol. The van der Waals surface area contributed by atoms with Crippen molar-refractivity contribution in [1.82, 2.24) is 25.6 Å². The average molecular weight is 584 g/mol. The van der Waals surface area contributed by atoms with Gasteiger partial charge in [0.25, 0.3) is 0 Å². The topological polar surface area (TPSA) is 175 Å². The van der Waals surface area contributed by atoms with Crippen LogP contribution in [-0.2, 0) is 22.4 Å². The quantitative estimate of drug-likeness (QED) is 0.200. The number of hydrogen-bond acceptors (Lipinski definition) is 10. The van der Waals surface area contributed by atoms with E-state index in [0.717, 1.165) is 31.0 Å². The number of Topliss-reactive ketones (excluding diaryl/α,β-unsaturated/α-hetero) is 1. The summed E-state index contributed by atoms with van der Waals surface area (Å²) in [5, 5.41) is 24.1. The maximum atomic E-state index is 12.9. The molecule has 0 bridgehead atoms. The van der Waals surface area contributed by atoms with Crippen LogP contribution in [0.1, 0.15) is 69.8 Å². The first kappa shape index (κ1) is 32.0. The second kappa shape index (κ2) is 14.4. The second-order valence-electron chi connectivity index (χ2n) is 10.2. The molecule has 1 aromatic carbocycles. The first-order valence-corrected chi connectivity index (χ1v) is 13.5. The van der Waals surface area contributed by atoms with Crippen LogP contribution in [0, 0.1) is 12.8 Å². The van der Waals surface area contributed by atoms with Gasteiger partial charge in [0.05, 0.1) is 45.7 Å². The Labute approximate surface area is 243 Å². The van der Waals surface area contributed by atoms with Gasteiger partial charge in [-0.05, 0) is 24.8 Å². The minimum atomic E-state index is -0.926. The summed E-state index contributed by atoms with van der Waals surface area (Å²) in [4.78, 5) is 49.9. The van der Waals surface area contributed by atoms with Crippen molar-refractivity contribution in [3.05, 3.63) is 58.7 Å². The third kappa shape index (κ3) is 7.60. The summed E-state index contributed by atoms with van der Waals surface area (Å²) in [5.41, 5.74) is 2.23. The van der Waals surface area contributed by atoms with Crippen molar-refractivity contribution >= 4 is 23.8 Å². The number of nitrogens with zero attached hydrogens (tertiary/aromatic N) is 3. The van der Waals surface area contributed by atoms with E-state index in [9.17, 15) is 24.3 Å². The van der Waals surface area contributed by atoms with Crippen LogP contribution in [0.15, 0.2) is 34.9 Å². The lowest BCUT2D eigenvalue weighted by Gasteiger charge is -2.24. The SMILES string of the molecule is COC(=O)c1c(CC[C@@H](CO)NC(=O)N[C@H](Cn2cc(-c3ccccc3C)nn2)C(C)C)oc(C(C)=O)c1C(=O)OC. The van der Waals surface area contributed by atoms with E-state index in [1.54, 1.807) is 4.68 Å². The molecule has 3 rings (SSSR count). The van der Waals surface area contributed by atoms with E-state index in [2.05, 4.69) is 20.9 Å². The zero-order valence-corrected chi connectivity index (χ0v) is 24.6. The maximum Gasteiger partial charge on any atom is 0.342 e. The number of furan rings is 1. The number of aliphatic hydroxyl groups excluding tert-OH is 1. The number of rotatable bonds is 13. The van der Waals surface area contributed by atoms with Crippen LogP contribution in [0.4, 0.5) is 4.79 Å². The van der Waals surface area contributed by atoms with Crippen molar-refractivity contribution in [3.8, 4) is 11.3 Å². The molecule has 2 heterocycles. The lowest BCUT2D eigenvalue weighted by Crippen LogP contribution is -2.50. The standard InChI is InChI=1S/C29H37N5O8/c1-16(2)21(13-34-14-22(32-33-34)20-10-8-7-9-17(20)3)31-29(39)30-19(15-35)11-12-23-24(27(37)40-5)25(28(38)41-6)26(42-23)18(4)36/h7-10,14,16,19,21,35H,11-13,15H2,1-6H3,(H2,30,31,39)/t19-,21+/m0/s1. The molecule has 0 aliphatic rings. The molecule has 3 N–H and O–H groups in total. The number of methoxy groups -OCH3 is 2. The largest absolute Gasteiger partial charge is 0.465 e. The van der Waals surface area contributed by atoms with E-state index in [4.69, 9.17) is 13.9 Å². The molecule has 0 aliphatic heterocycles. The van der Waals surface area contributed by atoms with Crippen LogP contribution in [0.5, 0.6) is 0 Å². The van der Waals surface area contributed by atoms with Crippen LogP contribution in [0.3, 0.4) is 0 Å². The highest BCUT2D eigenvalue weighted by atomic mass is 16.5. The molecule has 0 fully saturated rings. The maximum absolute atomic E-state index is 12.9. The van der Waals surface area contributed by atoms with Gasteiger partial charge < -0.3 is 29.6 Å². The third-order valence-electron chi connectivity index (χ3n) is 6.82. The minimum absolute atomic E-state index is 0.00145. The molecule has 2 aromatic heterocycles. The Hall–Kier alpha value is -4.52. The second-order valence-corrected chi connectivity index (χ2v) is 10.2. The van der Waals surface area contributed by atoms with Gasteiger partial charge in [0, 0.05) is 18.9 Å². The molecule has 2 amide bonds. The Kier molecular flexibility index (Phi) is 11.0. The molecule has 0 spiro atoms. The number of aromatic nitrogens is 3. The fourth-order valence-electron chi connectivity index (χ4n) is 4.42. The van der Waals surface area contributed by atoms with Crippen LogP contribution >= 0.6 is 0 Å². The summed E-state index contributed by atoms with van der Waals surface area (Å²) < 4.78 is 16.8. The van der Waals surface area contributed by atoms with Crippen molar-refractivity contribution in [3.63, 3.8) is 0 Å². The fraction of sp³-hybridized carbons (Fsp3) is 0.448. The summed E-state index contributed by atoms with van der Waals surface area (Å²) >= 11 is 0. The van der Waals surface area contributed by atoms with Crippen molar-refractivity contribution in [2.45, 2.75) is 59.2 Å². The lowest BCUT2D eigenvalue weighted by molar-refractivity contribution is 0.0554. The van der Waals surface area contributed by atoms with Crippen molar-refractivity contribution < 1.29 is 38.2 Å². The molecule has 2 atom stereocenters. The predicted molar refractivity (Wildman–Crippen MR) is 151 cm³/mol. The Morgan fingerprint density at radius 3 is 2.31 bits per heavy atom. The van der Waals surface area contributed by atoms with Gasteiger partial charge in [-0.2, -0.15) is 0 Å². The molecule has 0 saturated carbocycles. The highest BCUT2D eigenvalue weighted by molar-refractivity contribution is 6.11. The molecule has 0 saturated heterocycles. The van der Waals surface area contributed by atoms with Crippen LogP contribution in [0.2, 0.25) is 0 Å². The van der Waals surface area contributed by atoms with Crippen molar-refractivity contribution in [2.24, 2.45) is 5.92 Å². The van der Waals surface area contributed by atoms with Gasteiger partial charge >= 0.3 is 18.0 Å². The summed E-state index contributed by atoms with van der Waals surface area (Å²) in [6.45, 7) is 7.06. The summed E-state index contributed by atoms with van der Waals surface area (Å²) in [6.07, 6.45) is 1.95. The molecule has 13 nitrogen and oxygen atoms in total. The number of nitrogens with one attached hydrogen (secondary N) is 2. The van der Waals surface area contributed by atoms with Gasteiger partial charge in [-0.3, -0.25) is 4.79 Å². The number of urea groups is 1. The van der Waals surface area contributed by atoms with Crippen LogP contribution < -0.4 is 10.6 Å². The number of esters is 2. The highest BCUT2D eigenvalue weighted by Crippen LogP contribution is 2.27. The average Bonchev–Trinajstić information content (AvgIpc) is 3.59. The van der Waals surface area contributed by atoms with E-state index in [0.29, 0.717) is 6.54 Å². The summed E-state index contributed by atoms with van der Waals surface area (Å²) in [6, 6.07) is 6.29. The fourth-order valence-corrected chi connectivity index (χ4v) is 4.42. The Morgan fingerprint density at radius 2 is 1.71 bits per heavy atom. The molecule has 13 heteroatoms. The third-order valence-corrected chi connectivity index (χ3v) is 6.82. The van der Waals surface area contributed by atoms with Gasteiger partial charge in [0.15, 0.2) is 11.5 Å². The molecule has 226 valence electrons. The van der Waals surface area contributed by atoms with Gasteiger partial charge in [0.2, 0.25) is 0 Å². The van der Waals surface area contributed by atoms with Crippen LogP contribution in [-0.4, -0.2) is 76.8 Å². The zero-order chi connectivity index (χ0) is 31.0. The number of hydrogen-bond donors (Lipinski definition) is 3. The number of aliphatic hydroxyl groups is 1. The van der Waals surface area contributed by atoms with Crippen molar-refractivity contribution in [1.29, 1.82) is 0 Å². The number of aryl methyl sites for hydroxylation is 2. The normalized spacial score (nSPS) is 12.5. The minimum Gasteiger partial charge on any atom is -0.465 e. The van der Waals surface area contributed by atoms with Gasteiger partial charge in [0.1, 0.15) is 22.6 Å². The number of amides is 2. The molecule has 42 heavy (non-hydrogen) atoms. The zero-order valence-electron chi connectivity index (χ0n) is 24.6. The predicted octanol–water partition coefficient (Wildman–Crippen LogP) is 2.94. The van der Waals surface area contributed by atoms with Crippen molar-refractivity contribution in [2.75, 3.05) is 20.8 Å². The van der Waals surface area contributed by atoms with E-state index in [1.165, 1.54) is 6.92 Å². The Balaban J connectivity index is 1.69. The number of ether oxygens (including phenoxy) is 2. The van der Waals surface area contributed by atoms with Gasteiger partial charge in [-0.25, -0.2) is 19.1 Å². The Morgan fingerprint density at radius 1 is 1.05 bits per heavy atom. The highest BCUT2D eigenvalue weighted by Gasteiger charge is 2.33. The van der Waals surface area contributed by atoms with Gasteiger partial charge in [-0.15, -0.1) is 5.10 Å². The van der Waals surface area contributed by atoms with E-state index in [-0.39, 0.29) is 47.4 Å². The first-order valence-electron chi connectivity index (χ1n) is 13.5. The first-order chi connectivity index (χ1) is 20.0. The Bertz CT molecular complexity index is 1430. The van der Waals surface area contributed by atoms with E-state index < -0.39 is 36.4 Å². The lowest BCUT2D eigenvalue weighted by atomic mass is 10.0. The van der Waals surface area contributed by atoms with Gasteiger partial charge in [-0.1, -0.05) is 43.3 Å². The van der Waals surface area contributed by atoms with E-state index >= 15 is 0 Å². The molecule has 0 radical (unpaired) electrons. The van der Waals surface area contributed by atoms with E-state index in [1.807, 2.05) is 51.2 Å². The summed E-state index contributed by atoms with van der Waals surface area (Å²) in [5.74, 6) is -2.68. The number of ketones is 1.